The molecule has 2 aromatic rings. The van der Waals surface area contributed by atoms with Gasteiger partial charge in [-0.2, -0.15) is 5.10 Å². The second kappa shape index (κ2) is 9.33. The van der Waals surface area contributed by atoms with Crippen LogP contribution in [0.2, 0.25) is 0 Å². The summed E-state index contributed by atoms with van der Waals surface area (Å²) in [6, 6.07) is 10.4. The molecule has 0 bridgehead atoms. The minimum Gasteiger partial charge on any atom is -0.493 e. The summed E-state index contributed by atoms with van der Waals surface area (Å²) in [4.78, 5) is 22.7. The van der Waals surface area contributed by atoms with Crippen LogP contribution in [0.1, 0.15) is 23.6 Å². The molecule has 8 nitrogen and oxygen atoms in total. The number of hydrogen-bond acceptors (Lipinski definition) is 6. The number of amides is 1. The number of nitro benzene ring substituents is 1. The van der Waals surface area contributed by atoms with Crippen molar-refractivity contribution < 1.29 is 19.2 Å². The average Bonchev–Trinajstić information content (AvgIpc) is 2.67. The lowest BCUT2D eigenvalue weighted by Gasteiger charge is -2.08. The molecule has 0 unspecified atom stereocenters. The number of hydrazone groups is 1. The van der Waals surface area contributed by atoms with E-state index in [1.54, 1.807) is 0 Å². The fraction of sp³-hybridized carbons (Fsp3) is 0.263. The molecule has 0 fully saturated rings. The molecular formula is C19H21N3O5. The van der Waals surface area contributed by atoms with Crippen molar-refractivity contribution in [2.24, 2.45) is 5.10 Å². The SMILES string of the molecule is CCc1ccc(CC(=O)N/N=C\c2cc(OC)c(OC)cc2[N+](=O)[O-])cc1. The maximum Gasteiger partial charge on any atom is 0.282 e. The van der Waals surface area contributed by atoms with Crippen molar-refractivity contribution in [2.75, 3.05) is 14.2 Å². The fourth-order valence-electron chi connectivity index (χ4n) is 2.44. The van der Waals surface area contributed by atoms with Gasteiger partial charge in [-0.25, -0.2) is 5.43 Å². The summed E-state index contributed by atoms with van der Waals surface area (Å²) in [7, 11) is 2.82. The van der Waals surface area contributed by atoms with Gasteiger partial charge in [0.2, 0.25) is 5.91 Å². The number of ether oxygens (including phenoxy) is 2. The zero-order chi connectivity index (χ0) is 19.8. The first-order valence-corrected chi connectivity index (χ1v) is 8.28. The third kappa shape index (κ3) is 5.27. The first-order chi connectivity index (χ1) is 13.0. The van der Waals surface area contributed by atoms with Crippen LogP contribution < -0.4 is 14.9 Å². The van der Waals surface area contributed by atoms with Gasteiger partial charge in [0, 0.05) is 0 Å². The smallest absolute Gasteiger partial charge is 0.282 e. The van der Waals surface area contributed by atoms with Crippen molar-refractivity contribution in [1.82, 2.24) is 5.43 Å². The molecule has 0 atom stereocenters. The number of hydrogen-bond donors (Lipinski definition) is 1. The van der Waals surface area contributed by atoms with Gasteiger partial charge in [0.1, 0.15) is 0 Å². The van der Waals surface area contributed by atoms with E-state index in [0.29, 0.717) is 5.75 Å². The van der Waals surface area contributed by atoms with Gasteiger partial charge in [0.15, 0.2) is 11.5 Å². The molecule has 0 heterocycles. The second-order valence-electron chi connectivity index (χ2n) is 5.66. The molecule has 8 heteroatoms. The minimum atomic E-state index is -0.555. The van der Waals surface area contributed by atoms with Crippen LogP contribution in [0.4, 0.5) is 5.69 Å². The first-order valence-electron chi connectivity index (χ1n) is 8.28. The lowest BCUT2D eigenvalue weighted by atomic mass is 10.1. The highest BCUT2D eigenvalue weighted by molar-refractivity contribution is 5.88. The van der Waals surface area contributed by atoms with Gasteiger partial charge in [-0.05, 0) is 23.6 Å². The molecule has 0 spiro atoms. The van der Waals surface area contributed by atoms with Crippen molar-refractivity contribution in [3.63, 3.8) is 0 Å². The number of aryl methyl sites for hydroxylation is 1. The molecule has 0 radical (unpaired) electrons. The Hall–Kier alpha value is -3.42. The quantitative estimate of drug-likeness (QED) is 0.437. The van der Waals surface area contributed by atoms with Crippen LogP contribution in [0.3, 0.4) is 0 Å². The Morgan fingerprint density at radius 1 is 1.15 bits per heavy atom. The van der Waals surface area contributed by atoms with Gasteiger partial charge in [-0.1, -0.05) is 31.2 Å². The normalized spacial score (nSPS) is 10.6. The molecular weight excluding hydrogens is 350 g/mol. The second-order valence-corrected chi connectivity index (χ2v) is 5.66. The molecule has 0 aromatic heterocycles. The summed E-state index contributed by atoms with van der Waals surface area (Å²) in [6.07, 6.45) is 2.30. The molecule has 2 aromatic carbocycles. The van der Waals surface area contributed by atoms with Gasteiger partial charge in [0.05, 0.1) is 43.4 Å². The van der Waals surface area contributed by atoms with Gasteiger partial charge in [-0.15, -0.1) is 0 Å². The Morgan fingerprint density at radius 3 is 2.30 bits per heavy atom. The van der Waals surface area contributed by atoms with E-state index in [1.807, 2.05) is 24.3 Å². The van der Waals surface area contributed by atoms with Crippen molar-refractivity contribution >= 4 is 17.8 Å². The molecule has 0 saturated carbocycles. The lowest BCUT2D eigenvalue weighted by Crippen LogP contribution is -2.19. The average molecular weight is 371 g/mol. The third-order valence-electron chi connectivity index (χ3n) is 3.92. The van der Waals surface area contributed by atoms with E-state index in [2.05, 4.69) is 17.5 Å². The standard InChI is InChI=1S/C19H21N3O5/c1-4-13-5-7-14(8-6-13)9-19(23)21-20-12-15-10-17(26-2)18(27-3)11-16(15)22(24)25/h5-8,10-12H,4,9H2,1-3H3,(H,21,23)/b20-12-. The highest BCUT2D eigenvalue weighted by atomic mass is 16.6. The van der Waals surface area contributed by atoms with Crippen LogP contribution in [-0.2, 0) is 17.6 Å². The lowest BCUT2D eigenvalue weighted by molar-refractivity contribution is -0.385. The van der Waals surface area contributed by atoms with Crippen LogP contribution in [-0.4, -0.2) is 31.3 Å². The Morgan fingerprint density at radius 2 is 1.74 bits per heavy atom. The van der Waals surface area contributed by atoms with E-state index in [-0.39, 0.29) is 29.3 Å². The van der Waals surface area contributed by atoms with Crippen LogP contribution in [0.15, 0.2) is 41.5 Å². The van der Waals surface area contributed by atoms with E-state index in [0.717, 1.165) is 12.0 Å². The highest BCUT2D eigenvalue weighted by Gasteiger charge is 2.18. The summed E-state index contributed by atoms with van der Waals surface area (Å²) in [5.74, 6) is 0.242. The van der Waals surface area contributed by atoms with Crippen LogP contribution in [0.5, 0.6) is 11.5 Å². The van der Waals surface area contributed by atoms with Crippen LogP contribution in [0.25, 0.3) is 0 Å². The largest absolute Gasteiger partial charge is 0.493 e. The Labute approximate surface area is 157 Å². The van der Waals surface area contributed by atoms with Gasteiger partial charge < -0.3 is 9.47 Å². The predicted molar refractivity (Wildman–Crippen MR) is 101 cm³/mol. The molecule has 0 aliphatic carbocycles. The summed E-state index contributed by atoms with van der Waals surface area (Å²) in [5, 5.41) is 15.1. The molecule has 27 heavy (non-hydrogen) atoms. The third-order valence-corrected chi connectivity index (χ3v) is 3.92. The number of nitrogens with zero attached hydrogens (tertiary/aromatic N) is 2. The van der Waals surface area contributed by atoms with Gasteiger partial charge >= 0.3 is 0 Å². The Balaban J connectivity index is 2.09. The van der Waals surface area contributed by atoms with E-state index in [4.69, 9.17) is 9.47 Å². The number of methoxy groups -OCH3 is 2. The molecule has 2 rings (SSSR count). The molecule has 142 valence electrons. The van der Waals surface area contributed by atoms with Gasteiger partial charge in [0.25, 0.3) is 5.69 Å². The van der Waals surface area contributed by atoms with Crippen LogP contribution in [0, 0.1) is 10.1 Å². The van der Waals surface area contributed by atoms with Crippen molar-refractivity contribution in [1.29, 1.82) is 0 Å². The number of carbonyl (C=O) groups excluding carboxylic acids is 1. The van der Waals surface area contributed by atoms with E-state index in [1.165, 1.54) is 38.1 Å². The number of rotatable bonds is 8. The van der Waals surface area contributed by atoms with Crippen LogP contribution >= 0.6 is 0 Å². The maximum absolute atomic E-state index is 12.0. The highest BCUT2D eigenvalue weighted by Crippen LogP contribution is 2.33. The van der Waals surface area contributed by atoms with E-state index >= 15 is 0 Å². The maximum atomic E-state index is 12.0. The molecule has 0 aliphatic rings. The molecule has 0 aliphatic heterocycles. The predicted octanol–water partition coefficient (Wildman–Crippen LogP) is 2.87. The van der Waals surface area contributed by atoms with Crippen molar-refractivity contribution in [3.8, 4) is 11.5 Å². The Kier molecular flexibility index (Phi) is 6.87. The molecule has 0 saturated heterocycles. The summed E-state index contributed by atoms with van der Waals surface area (Å²) in [5.41, 5.74) is 4.40. The summed E-state index contributed by atoms with van der Waals surface area (Å²) < 4.78 is 10.2. The number of nitrogens with one attached hydrogen (secondary N) is 1. The van der Waals surface area contributed by atoms with E-state index in [9.17, 15) is 14.9 Å². The summed E-state index contributed by atoms with van der Waals surface area (Å²) >= 11 is 0. The van der Waals surface area contributed by atoms with Crippen molar-refractivity contribution in [2.45, 2.75) is 19.8 Å². The summed E-state index contributed by atoms with van der Waals surface area (Å²) in [6.45, 7) is 2.06. The number of benzene rings is 2. The number of nitro groups is 1. The fourth-order valence-corrected chi connectivity index (χ4v) is 2.44. The number of carbonyl (C=O) groups is 1. The zero-order valence-corrected chi connectivity index (χ0v) is 15.4. The first kappa shape index (κ1) is 19.9. The Bertz CT molecular complexity index is 847. The van der Waals surface area contributed by atoms with Crippen molar-refractivity contribution in [3.05, 3.63) is 63.2 Å². The molecule has 1 N–H and O–H groups in total. The van der Waals surface area contributed by atoms with E-state index < -0.39 is 4.92 Å². The molecule has 1 amide bonds. The topological polar surface area (TPSA) is 103 Å². The van der Waals surface area contributed by atoms with Gasteiger partial charge in [-0.3, -0.25) is 14.9 Å². The zero-order valence-electron chi connectivity index (χ0n) is 15.4. The minimum absolute atomic E-state index is 0.162. The monoisotopic (exact) mass is 371 g/mol.